The average molecular weight is 449 g/mol. The number of aromatic nitrogens is 4. The van der Waals surface area contributed by atoms with E-state index in [1.807, 2.05) is 0 Å². The standard InChI is InChI=1S/C22H16FN5O3S/c1-11-17(27-10-6-5-9-15(27)24-11)19(29)16-18(13-7-3-4-8-14(13)23)28(21(31)20(16)30)22-26-25-12(2)32-22/h3-10,18,29H,1-2H3. The first-order chi connectivity index (χ1) is 15.4. The van der Waals surface area contributed by atoms with Crippen LogP contribution in [0.1, 0.15) is 28.0 Å². The van der Waals surface area contributed by atoms with Crippen molar-refractivity contribution in [2.45, 2.75) is 19.9 Å². The van der Waals surface area contributed by atoms with Crippen LogP contribution in [0.15, 0.2) is 54.2 Å². The van der Waals surface area contributed by atoms with Crippen molar-refractivity contribution in [3.63, 3.8) is 0 Å². The fourth-order valence-electron chi connectivity index (χ4n) is 3.93. The fourth-order valence-corrected chi connectivity index (χ4v) is 4.64. The topological polar surface area (TPSA) is 101 Å². The summed E-state index contributed by atoms with van der Waals surface area (Å²) in [6.45, 7) is 3.39. The summed E-state index contributed by atoms with van der Waals surface area (Å²) in [5.74, 6) is -2.90. The molecule has 0 spiro atoms. The Morgan fingerprint density at radius 2 is 1.84 bits per heavy atom. The molecule has 0 radical (unpaired) electrons. The van der Waals surface area contributed by atoms with E-state index in [2.05, 4.69) is 15.2 Å². The lowest BCUT2D eigenvalue weighted by atomic mass is 9.96. The molecule has 8 nitrogen and oxygen atoms in total. The van der Waals surface area contributed by atoms with Crippen LogP contribution in [0.5, 0.6) is 0 Å². The summed E-state index contributed by atoms with van der Waals surface area (Å²) in [4.78, 5) is 31.7. The molecular weight excluding hydrogens is 433 g/mol. The molecule has 1 amide bonds. The molecule has 5 rings (SSSR count). The van der Waals surface area contributed by atoms with Crippen LogP contribution in [-0.2, 0) is 9.59 Å². The molecular formula is C22H16FN5O3S. The molecule has 1 aromatic carbocycles. The maximum Gasteiger partial charge on any atom is 0.301 e. The average Bonchev–Trinajstić information content (AvgIpc) is 3.41. The van der Waals surface area contributed by atoms with Gasteiger partial charge in [-0.25, -0.2) is 9.37 Å². The number of aryl methyl sites for hydroxylation is 2. The highest BCUT2D eigenvalue weighted by molar-refractivity contribution is 7.15. The third kappa shape index (κ3) is 2.91. The van der Waals surface area contributed by atoms with Crippen LogP contribution in [0.4, 0.5) is 9.52 Å². The predicted molar refractivity (Wildman–Crippen MR) is 116 cm³/mol. The van der Waals surface area contributed by atoms with Crippen LogP contribution < -0.4 is 4.90 Å². The quantitative estimate of drug-likeness (QED) is 0.292. The summed E-state index contributed by atoms with van der Waals surface area (Å²) >= 11 is 1.10. The van der Waals surface area contributed by atoms with Gasteiger partial charge in [-0.15, -0.1) is 10.2 Å². The Balaban J connectivity index is 1.81. The number of anilines is 1. The fraction of sp³-hybridized carbons (Fsp3) is 0.136. The van der Waals surface area contributed by atoms with Crippen molar-refractivity contribution in [3.8, 4) is 0 Å². The number of hydrogen-bond donors (Lipinski definition) is 1. The summed E-state index contributed by atoms with van der Waals surface area (Å²) in [6.07, 6.45) is 1.69. The molecule has 0 bridgehead atoms. The largest absolute Gasteiger partial charge is 0.505 e. The van der Waals surface area contributed by atoms with E-state index in [9.17, 15) is 19.1 Å². The molecule has 0 aliphatic carbocycles. The number of carbonyl (C=O) groups is 2. The van der Waals surface area contributed by atoms with E-state index in [1.165, 1.54) is 18.2 Å². The number of aliphatic hydroxyl groups excluding tert-OH is 1. The normalized spacial score (nSPS) is 18.1. The number of amides is 1. The number of fused-ring (bicyclic) bond motifs is 1. The highest BCUT2D eigenvalue weighted by Crippen LogP contribution is 2.43. The minimum atomic E-state index is -1.21. The van der Waals surface area contributed by atoms with Crippen molar-refractivity contribution in [1.82, 2.24) is 19.6 Å². The molecule has 1 saturated heterocycles. The molecule has 0 saturated carbocycles. The number of ketones is 1. The first-order valence-electron chi connectivity index (χ1n) is 9.68. The number of Topliss-reactive ketones (excluding diaryl/α,β-unsaturated/α-hetero) is 1. The van der Waals surface area contributed by atoms with Gasteiger partial charge in [0, 0.05) is 11.8 Å². The Bertz CT molecular complexity index is 1440. The Labute approximate surface area is 185 Å². The SMILES string of the molecule is Cc1nnc(N2C(=O)C(=O)C(=C(O)c3c(C)nc4ccccn34)C2c2ccccc2F)s1. The third-order valence-electron chi connectivity index (χ3n) is 5.29. The number of nitrogens with zero attached hydrogens (tertiary/aromatic N) is 5. The maximum absolute atomic E-state index is 14.9. The number of aliphatic hydroxyl groups is 1. The van der Waals surface area contributed by atoms with Gasteiger partial charge in [-0.3, -0.25) is 18.9 Å². The van der Waals surface area contributed by atoms with E-state index in [4.69, 9.17) is 0 Å². The third-order valence-corrected chi connectivity index (χ3v) is 6.13. The van der Waals surface area contributed by atoms with Crippen molar-refractivity contribution >= 4 is 39.6 Å². The zero-order valence-electron chi connectivity index (χ0n) is 17.0. The van der Waals surface area contributed by atoms with Gasteiger partial charge < -0.3 is 5.11 Å². The van der Waals surface area contributed by atoms with Gasteiger partial charge in [0.2, 0.25) is 5.13 Å². The molecule has 1 N–H and O–H groups in total. The minimum absolute atomic E-state index is 0.0626. The van der Waals surface area contributed by atoms with Crippen molar-refractivity contribution in [1.29, 1.82) is 0 Å². The second-order valence-electron chi connectivity index (χ2n) is 7.27. The van der Waals surface area contributed by atoms with E-state index < -0.39 is 29.3 Å². The molecule has 4 heterocycles. The van der Waals surface area contributed by atoms with Gasteiger partial charge in [-0.05, 0) is 32.0 Å². The smallest absolute Gasteiger partial charge is 0.301 e. The number of pyridine rings is 1. The summed E-state index contributed by atoms with van der Waals surface area (Å²) in [5, 5.41) is 20.0. The lowest BCUT2D eigenvalue weighted by Crippen LogP contribution is -2.29. The van der Waals surface area contributed by atoms with Crippen molar-refractivity contribution < 1.29 is 19.1 Å². The first kappa shape index (κ1) is 20.0. The van der Waals surface area contributed by atoms with Crippen LogP contribution in [0, 0.1) is 19.7 Å². The summed E-state index contributed by atoms with van der Waals surface area (Å²) in [7, 11) is 0. The lowest BCUT2D eigenvalue weighted by Gasteiger charge is -2.22. The number of halogens is 1. The molecule has 1 aliphatic heterocycles. The number of rotatable bonds is 3. The van der Waals surface area contributed by atoms with Crippen LogP contribution in [0.25, 0.3) is 11.4 Å². The van der Waals surface area contributed by atoms with Crippen molar-refractivity contribution in [2.24, 2.45) is 0 Å². The van der Waals surface area contributed by atoms with E-state index in [0.29, 0.717) is 16.3 Å². The maximum atomic E-state index is 14.9. The van der Waals surface area contributed by atoms with E-state index in [0.717, 1.165) is 16.2 Å². The minimum Gasteiger partial charge on any atom is -0.505 e. The van der Waals surface area contributed by atoms with Crippen LogP contribution in [0.3, 0.4) is 0 Å². The Morgan fingerprint density at radius 1 is 1.09 bits per heavy atom. The van der Waals surface area contributed by atoms with Crippen LogP contribution in [-0.4, -0.2) is 36.4 Å². The number of benzene rings is 1. The van der Waals surface area contributed by atoms with E-state index >= 15 is 0 Å². The van der Waals surface area contributed by atoms with Crippen LogP contribution in [0.2, 0.25) is 0 Å². The molecule has 1 aliphatic rings. The Hall–Kier alpha value is -3.92. The molecule has 4 aromatic rings. The summed E-state index contributed by atoms with van der Waals surface area (Å²) < 4.78 is 16.5. The molecule has 1 fully saturated rings. The summed E-state index contributed by atoms with van der Waals surface area (Å²) in [6, 6.07) is 9.90. The number of carbonyl (C=O) groups excluding carboxylic acids is 2. The molecule has 32 heavy (non-hydrogen) atoms. The molecule has 1 atom stereocenters. The highest BCUT2D eigenvalue weighted by atomic mass is 32.1. The lowest BCUT2D eigenvalue weighted by molar-refractivity contribution is -0.132. The number of hydrogen-bond acceptors (Lipinski definition) is 7. The molecule has 1 unspecified atom stereocenters. The second kappa shape index (κ2) is 7.34. The van der Waals surface area contributed by atoms with Gasteiger partial charge in [-0.1, -0.05) is 35.6 Å². The van der Waals surface area contributed by atoms with Crippen molar-refractivity contribution in [2.75, 3.05) is 4.90 Å². The first-order valence-corrected chi connectivity index (χ1v) is 10.5. The Morgan fingerprint density at radius 3 is 2.56 bits per heavy atom. The highest BCUT2D eigenvalue weighted by Gasteiger charge is 2.49. The molecule has 3 aromatic heterocycles. The monoisotopic (exact) mass is 449 g/mol. The van der Waals surface area contributed by atoms with Gasteiger partial charge >= 0.3 is 5.91 Å². The predicted octanol–water partition coefficient (Wildman–Crippen LogP) is 3.57. The number of imidazole rings is 1. The van der Waals surface area contributed by atoms with Crippen LogP contribution >= 0.6 is 11.3 Å². The zero-order chi connectivity index (χ0) is 22.6. The van der Waals surface area contributed by atoms with Gasteiger partial charge in [0.15, 0.2) is 5.76 Å². The summed E-state index contributed by atoms with van der Waals surface area (Å²) in [5.41, 5.74) is 1.10. The van der Waals surface area contributed by atoms with Gasteiger partial charge in [0.1, 0.15) is 28.2 Å². The zero-order valence-corrected chi connectivity index (χ0v) is 17.8. The van der Waals surface area contributed by atoms with Gasteiger partial charge in [0.05, 0.1) is 11.3 Å². The van der Waals surface area contributed by atoms with E-state index in [1.54, 1.807) is 48.7 Å². The molecule has 10 heteroatoms. The van der Waals surface area contributed by atoms with Crippen molar-refractivity contribution in [3.05, 3.63) is 82.0 Å². The van der Waals surface area contributed by atoms with E-state index in [-0.39, 0.29) is 22.0 Å². The van der Waals surface area contributed by atoms with Gasteiger partial charge in [-0.2, -0.15) is 0 Å². The second-order valence-corrected chi connectivity index (χ2v) is 8.43. The Kier molecular flexibility index (Phi) is 4.59. The molecule has 160 valence electrons. The van der Waals surface area contributed by atoms with Gasteiger partial charge in [0.25, 0.3) is 5.78 Å².